The zero-order valence-corrected chi connectivity index (χ0v) is 19.2. The SMILES string of the molecule is NC(=O)Nc1ccc2c(c1)CN(c1ncc(Cc3ccc(N(N)/C=C\C4CC4)cc3)s1)CC2. The number of nitrogens with two attached hydrogens (primary N) is 2. The molecule has 0 unspecified atom stereocenters. The maximum absolute atomic E-state index is 11.2. The van der Waals surface area contributed by atoms with E-state index in [4.69, 9.17) is 11.6 Å². The van der Waals surface area contributed by atoms with Gasteiger partial charge in [-0.05, 0) is 66.1 Å². The molecule has 7 nitrogen and oxygen atoms in total. The number of urea groups is 1. The number of rotatable bonds is 7. The van der Waals surface area contributed by atoms with Crippen molar-refractivity contribution in [1.82, 2.24) is 4.98 Å². The highest BCUT2D eigenvalue weighted by Crippen LogP contribution is 2.31. The summed E-state index contributed by atoms with van der Waals surface area (Å²) in [5, 5.41) is 5.37. The van der Waals surface area contributed by atoms with Gasteiger partial charge in [0.25, 0.3) is 0 Å². The molecule has 0 atom stereocenters. The van der Waals surface area contributed by atoms with Gasteiger partial charge in [0.1, 0.15) is 0 Å². The molecular weight excluding hydrogens is 432 g/mol. The van der Waals surface area contributed by atoms with Gasteiger partial charge in [0.15, 0.2) is 5.13 Å². The number of hydrogen-bond donors (Lipinski definition) is 3. The largest absolute Gasteiger partial charge is 0.351 e. The van der Waals surface area contributed by atoms with Gasteiger partial charge >= 0.3 is 6.03 Å². The predicted molar refractivity (Wildman–Crippen MR) is 134 cm³/mol. The minimum absolute atomic E-state index is 0.547. The maximum atomic E-state index is 11.2. The minimum atomic E-state index is -0.547. The van der Waals surface area contributed by atoms with E-state index < -0.39 is 6.03 Å². The molecule has 1 aliphatic heterocycles. The highest BCUT2D eigenvalue weighted by Gasteiger charge is 2.20. The number of allylic oxidation sites excluding steroid dienone is 1. The van der Waals surface area contributed by atoms with E-state index in [-0.39, 0.29) is 0 Å². The van der Waals surface area contributed by atoms with E-state index in [9.17, 15) is 4.79 Å². The van der Waals surface area contributed by atoms with E-state index in [1.165, 1.54) is 34.4 Å². The minimum Gasteiger partial charge on any atom is -0.351 e. The standard InChI is InChI=1S/C25H28N6OS/c26-24(32)29-21-6-5-19-10-11-30(16-20(19)14-21)25-28-15-23(33-25)13-18-3-7-22(8-4-18)31(27)12-9-17-1-2-17/h3-9,12,14-15,17H,1-2,10-11,13,16,27H2,(H3,26,29,32)/b12-9-. The fraction of sp³-hybridized carbons (Fsp3) is 0.280. The van der Waals surface area contributed by atoms with Gasteiger partial charge in [0, 0.05) is 42.5 Å². The number of amides is 2. The highest BCUT2D eigenvalue weighted by atomic mass is 32.1. The Balaban J connectivity index is 1.22. The number of hydrogen-bond acceptors (Lipinski definition) is 6. The number of carbonyl (C=O) groups is 1. The Morgan fingerprint density at radius 2 is 2.03 bits per heavy atom. The number of thiazole rings is 1. The molecule has 0 radical (unpaired) electrons. The third kappa shape index (κ3) is 5.35. The van der Waals surface area contributed by atoms with Crippen molar-refractivity contribution in [2.45, 2.75) is 32.2 Å². The molecular formula is C25H28N6OS. The van der Waals surface area contributed by atoms with Crippen molar-refractivity contribution in [3.8, 4) is 0 Å². The van der Waals surface area contributed by atoms with Gasteiger partial charge in [-0.1, -0.05) is 24.3 Å². The lowest BCUT2D eigenvalue weighted by atomic mass is 9.99. The number of nitrogens with one attached hydrogen (secondary N) is 1. The van der Waals surface area contributed by atoms with Crippen LogP contribution in [0.1, 0.15) is 34.4 Å². The van der Waals surface area contributed by atoms with E-state index >= 15 is 0 Å². The second-order valence-corrected chi connectivity index (χ2v) is 9.78. The van der Waals surface area contributed by atoms with Crippen molar-refractivity contribution >= 4 is 33.9 Å². The van der Waals surface area contributed by atoms with Gasteiger partial charge in [-0.15, -0.1) is 11.3 Å². The second-order valence-electron chi connectivity index (χ2n) is 8.68. The summed E-state index contributed by atoms with van der Waals surface area (Å²) in [6, 6.07) is 13.8. The molecule has 2 aromatic carbocycles. The van der Waals surface area contributed by atoms with Gasteiger partial charge in [-0.3, -0.25) is 5.01 Å². The summed E-state index contributed by atoms with van der Waals surface area (Å²) in [6.45, 7) is 1.70. The normalized spacial score (nSPS) is 15.5. The zero-order valence-electron chi connectivity index (χ0n) is 18.4. The monoisotopic (exact) mass is 460 g/mol. The summed E-state index contributed by atoms with van der Waals surface area (Å²) in [6.07, 6.45) is 10.5. The second kappa shape index (κ2) is 9.25. The molecule has 2 heterocycles. The summed E-state index contributed by atoms with van der Waals surface area (Å²) < 4.78 is 0. The van der Waals surface area contributed by atoms with E-state index in [2.05, 4.69) is 51.6 Å². The topological polar surface area (TPSA) is 101 Å². The Labute approximate surface area is 197 Å². The van der Waals surface area contributed by atoms with Crippen molar-refractivity contribution in [1.29, 1.82) is 0 Å². The lowest BCUT2D eigenvalue weighted by Gasteiger charge is -2.28. The molecule has 0 saturated heterocycles. The van der Waals surface area contributed by atoms with Gasteiger partial charge in [-0.2, -0.15) is 0 Å². The number of primary amides is 1. The summed E-state index contributed by atoms with van der Waals surface area (Å²) >= 11 is 1.73. The predicted octanol–water partition coefficient (Wildman–Crippen LogP) is 4.39. The number of fused-ring (bicyclic) bond motifs is 1. The van der Waals surface area contributed by atoms with Gasteiger partial charge < -0.3 is 16.0 Å². The molecule has 0 spiro atoms. The lowest BCUT2D eigenvalue weighted by Crippen LogP contribution is -2.30. The maximum Gasteiger partial charge on any atom is 0.316 e. The van der Waals surface area contributed by atoms with Crippen LogP contribution in [0.15, 0.2) is 60.9 Å². The molecule has 33 heavy (non-hydrogen) atoms. The van der Waals surface area contributed by atoms with E-state index in [1.54, 1.807) is 16.3 Å². The average molecular weight is 461 g/mol. The van der Waals surface area contributed by atoms with E-state index in [1.807, 2.05) is 24.5 Å². The van der Waals surface area contributed by atoms with Crippen molar-refractivity contribution in [2.24, 2.45) is 17.5 Å². The van der Waals surface area contributed by atoms with Crippen LogP contribution >= 0.6 is 11.3 Å². The van der Waals surface area contributed by atoms with Gasteiger partial charge in [0.2, 0.25) is 0 Å². The number of carbonyl (C=O) groups excluding carboxylic acids is 1. The molecule has 1 aromatic heterocycles. The van der Waals surface area contributed by atoms with Crippen molar-refractivity contribution in [2.75, 3.05) is 21.8 Å². The Morgan fingerprint density at radius 3 is 2.79 bits per heavy atom. The molecule has 8 heteroatoms. The first kappa shape index (κ1) is 21.5. The number of benzene rings is 2. The Kier molecular flexibility index (Phi) is 6.02. The van der Waals surface area contributed by atoms with Crippen molar-refractivity contribution < 1.29 is 4.79 Å². The van der Waals surface area contributed by atoms with Crippen LogP contribution in [0.4, 0.5) is 21.3 Å². The lowest BCUT2D eigenvalue weighted by molar-refractivity contribution is 0.259. The van der Waals surface area contributed by atoms with Crippen LogP contribution in [0.2, 0.25) is 0 Å². The average Bonchev–Trinajstić information content (AvgIpc) is 3.53. The van der Waals surface area contributed by atoms with Crippen LogP contribution in [0.5, 0.6) is 0 Å². The third-order valence-corrected chi connectivity index (χ3v) is 7.11. The molecule has 5 N–H and O–H groups in total. The summed E-state index contributed by atoms with van der Waals surface area (Å²) in [5.74, 6) is 6.84. The molecule has 170 valence electrons. The molecule has 1 fully saturated rings. The fourth-order valence-corrected chi connectivity index (χ4v) is 5.01. The zero-order chi connectivity index (χ0) is 22.8. The van der Waals surface area contributed by atoms with Crippen LogP contribution in [0, 0.1) is 5.92 Å². The van der Waals surface area contributed by atoms with Crippen molar-refractivity contribution in [3.63, 3.8) is 0 Å². The van der Waals surface area contributed by atoms with Gasteiger partial charge in [-0.25, -0.2) is 15.6 Å². The van der Waals surface area contributed by atoms with E-state index in [0.717, 1.165) is 42.4 Å². The van der Waals surface area contributed by atoms with Crippen LogP contribution in [-0.2, 0) is 19.4 Å². The molecule has 1 saturated carbocycles. The quantitative estimate of drug-likeness (QED) is 0.359. The van der Waals surface area contributed by atoms with E-state index in [0.29, 0.717) is 5.92 Å². The van der Waals surface area contributed by atoms with Crippen LogP contribution in [0.3, 0.4) is 0 Å². The number of hydrazine groups is 1. The molecule has 2 aliphatic rings. The first-order valence-electron chi connectivity index (χ1n) is 11.2. The van der Waals surface area contributed by atoms with Crippen LogP contribution < -0.4 is 26.8 Å². The van der Waals surface area contributed by atoms with Crippen LogP contribution in [-0.4, -0.2) is 17.6 Å². The molecule has 3 aromatic rings. The number of nitrogens with zero attached hydrogens (tertiary/aromatic N) is 3. The number of aromatic nitrogens is 1. The Hall–Kier alpha value is -3.36. The van der Waals surface area contributed by atoms with Crippen molar-refractivity contribution in [3.05, 3.63) is 82.5 Å². The Bertz CT molecular complexity index is 1170. The molecule has 1 aliphatic carbocycles. The first-order chi connectivity index (χ1) is 16.0. The first-order valence-corrected chi connectivity index (χ1v) is 12.0. The van der Waals surface area contributed by atoms with Crippen LogP contribution in [0.25, 0.3) is 0 Å². The Morgan fingerprint density at radius 1 is 1.21 bits per heavy atom. The number of anilines is 3. The summed E-state index contributed by atoms with van der Waals surface area (Å²) in [7, 11) is 0. The fourth-order valence-electron chi connectivity index (χ4n) is 4.04. The third-order valence-electron chi connectivity index (χ3n) is 6.05. The molecule has 5 rings (SSSR count). The summed E-state index contributed by atoms with van der Waals surface area (Å²) in [5.41, 5.74) is 10.7. The van der Waals surface area contributed by atoms with Gasteiger partial charge in [0.05, 0.1) is 5.69 Å². The smallest absolute Gasteiger partial charge is 0.316 e. The highest BCUT2D eigenvalue weighted by molar-refractivity contribution is 7.15. The molecule has 0 bridgehead atoms. The summed E-state index contributed by atoms with van der Waals surface area (Å²) in [4.78, 5) is 19.4. The molecule has 2 amide bonds.